The average Bonchev–Trinajstić information content (AvgIpc) is 2.99. The molecule has 0 bridgehead atoms. The summed E-state index contributed by atoms with van der Waals surface area (Å²) in [6.45, 7) is 0. The van der Waals surface area contributed by atoms with Crippen LogP contribution < -0.4 is 11.1 Å². The molecule has 0 radical (unpaired) electrons. The molecule has 0 heterocycles. The number of hydrogen-bond acceptors (Lipinski definition) is 3. The van der Waals surface area contributed by atoms with Crippen molar-refractivity contribution in [3.05, 3.63) is 35.6 Å². The van der Waals surface area contributed by atoms with E-state index in [4.69, 9.17) is 5.73 Å². The topological polar surface area (TPSA) is 72.2 Å². The molecule has 1 fully saturated rings. The molecular formula is C16H21FN2O2S. The van der Waals surface area contributed by atoms with Crippen LogP contribution in [0.25, 0.3) is 0 Å². The Hall–Kier alpha value is -1.56. The van der Waals surface area contributed by atoms with Crippen molar-refractivity contribution in [3.8, 4) is 0 Å². The van der Waals surface area contributed by atoms with Crippen molar-refractivity contribution in [2.45, 2.75) is 31.7 Å². The zero-order valence-corrected chi connectivity index (χ0v) is 13.2. The molecule has 6 heteroatoms. The highest BCUT2D eigenvalue weighted by molar-refractivity contribution is 8.00. The van der Waals surface area contributed by atoms with E-state index >= 15 is 0 Å². The first-order valence-corrected chi connectivity index (χ1v) is 8.63. The molecule has 22 heavy (non-hydrogen) atoms. The molecule has 1 atom stereocenters. The lowest BCUT2D eigenvalue weighted by molar-refractivity contribution is -0.119. The maximum atomic E-state index is 14.1. The molecule has 0 aromatic heterocycles. The van der Waals surface area contributed by atoms with E-state index in [0.29, 0.717) is 5.56 Å². The summed E-state index contributed by atoms with van der Waals surface area (Å²) >= 11 is 1.17. The summed E-state index contributed by atoms with van der Waals surface area (Å²) in [4.78, 5) is 22.8. The average molecular weight is 324 g/mol. The highest BCUT2D eigenvalue weighted by atomic mass is 32.2. The zero-order chi connectivity index (χ0) is 15.9. The maximum absolute atomic E-state index is 14.1. The summed E-state index contributed by atoms with van der Waals surface area (Å²) in [5, 5.41) is 2.94. The van der Waals surface area contributed by atoms with Crippen molar-refractivity contribution in [2.24, 2.45) is 11.7 Å². The Balaban J connectivity index is 2.03. The summed E-state index contributed by atoms with van der Waals surface area (Å²) in [5.41, 5.74) is 5.59. The molecule has 0 spiro atoms. The van der Waals surface area contributed by atoms with Crippen molar-refractivity contribution in [1.82, 2.24) is 5.32 Å². The first-order chi connectivity index (χ1) is 10.6. The number of primary amides is 1. The molecule has 3 N–H and O–H groups in total. The lowest BCUT2D eigenvalue weighted by Gasteiger charge is -2.25. The number of carbonyl (C=O) groups is 2. The Bertz CT molecular complexity index is 533. The van der Waals surface area contributed by atoms with E-state index in [1.807, 2.05) is 0 Å². The van der Waals surface area contributed by atoms with Gasteiger partial charge in [-0.05, 0) is 24.8 Å². The van der Waals surface area contributed by atoms with Crippen LogP contribution in [0.4, 0.5) is 4.39 Å². The van der Waals surface area contributed by atoms with Gasteiger partial charge in [0.05, 0.1) is 17.5 Å². The fourth-order valence-electron chi connectivity index (χ4n) is 2.93. The van der Waals surface area contributed by atoms with E-state index in [1.165, 1.54) is 17.8 Å². The van der Waals surface area contributed by atoms with Gasteiger partial charge in [0.25, 0.3) is 0 Å². The Kier molecular flexibility index (Phi) is 6.24. The van der Waals surface area contributed by atoms with E-state index < -0.39 is 5.91 Å². The van der Waals surface area contributed by atoms with Crippen LogP contribution >= 0.6 is 11.8 Å². The largest absolute Gasteiger partial charge is 0.369 e. The maximum Gasteiger partial charge on any atom is 0.230 e. The molecule has 2 amide bonds. The van der Waals surface area contributed by atoms with Gasteiger partial charge in [0.15, 0.2) is 0 Å². The van der Waals surface area contributed by atoms with Crippen molar-refractivity contribution in [3.63, 3.8) is 0 Å². The number of thioether (sulfide) groups is 1. The van der Waals surface area contributed by atoms with E-state index in [1.54, 1.807) is 18.2 Å². The lowest BCUT2D eigenvalue weighted by Crippen LogP contribution is -2.34. The SMILES string of the molecule is NC(=O)CSCC(=O)NC(c1ccccc1F)C1CCCC1. The third-order valence-electron chi connectivity index (χ3n) is 3.91. The van der Waals surface area contributed by atoms with Gasteiger partial charge in [0.1, 0.15) is 5.82 Å². The van der Waals surface area contributed by atoms with Gasteiger partial charge in [-0.15, -0.1) is 11.8 Å². The molecule has 0 saturated heterocycles. The number of rotatable bonds is 7. The second kappa shape index (κ2) is 8.17. The molecule has 2 rings (SSSR count). The minimum Gasteiger partial charge on any atom is -0.369 e. The molecule has 1 aromatic rings. The standard InChI is InChI=1S/C16H21FN2O2S/c17-13-8-4-3-7-12(13)16(11-5-1-2-6-11)19-15(21)10-22-9-14(18)20/h3-4,7-8,11,16H,1-2,5-6,9-10H2,(H2,18,20)(H,19,21). The predicted octanol–water partition coefficient (Wildman–Crippen LogP) is 2.39. The molecular weight excluding hydrogens is 303 g/mol. The summed E-state index contributed by atoms with van der Waals surface area (Å²) < 4.78 is 14.1. The smallest absolute Gasteiger partial charge is 0.230 e. The summed E-state index contributed by atoms with van der Waals surface area (Å²) in [6, 6.07) is 6.29. The second-order valence-electron chi connectivity index (χ2n) is 5.57. The Morgan fingerprint density at radius 3 is 2.59 bits per heavy atom. The highest BCUT2D eigenvalue weighted by Gasteiger charge is 2.29. The summed E-state index contributed by atoms with van der Waals surface area (Å²) in [5.74, 6) is -0.390. The Morgan fingerprint density at radius 1 is 1.27 bits per heavy atom. The normalized spacial score (nSPS) is 16.4. The Labute approximate surface area is 134 Å². The first kappa shape index (κ1) is 16.8. The van der Waals surface area contributed by atoms with Crippen molar-refractivity contribution in [2.75, 3.05) is 11.5 Å². The Morgan fingerprint density at radius 2 is 1.95 bits per heavy atom. The van der Waals surface area contributed by atoms with Gasteiger partial charge in [-0.1, -0.05) is 31.0 Å². The molecule has 1 aromatic carbocycles. The number of carbonyl (C=O) groups excluding carboxylic acids is 2. The monoisotopic (exact) mass is 324 g/mol. The van der Waals surface area contributed by atoms with E-state index in [-0.39, 0.29) is 35.2 Å². The van der Waals surface area contributed by atoms with E-state index in [0.717, 1.165) is 25.7 Å². The van der Waals surface area contributed by atoms with E-state index in [9.17, 15) is 14.0 Å². The van der Waals surface area contributed by atoms with Gasteiger partial charge in [0, 0.05) is 5.56 Å². The van der Waals surface area contributed by atoms with Gasteiger partial charge in [-0.3, -0.25) is 9.59 Å². The third-order valence-corrected chi connectivity index (χ3v) is 4.86. The van der Waals surface area contributed by atoms with Crippen molar-refractivity contribution >= 4 is 23.6 Å². The van der Waals surface area contributed by atoms with Crippen LogP contribution in [0, 0.1) is 11.7 Å². The molecule has 1 unspecified atom stereocenters. The fraction of sp³-hybridized carbons (Fsp3) is 0.500. The summed E-state index contributed by atoms with van der Waals surface area (Å²) in [6.07, 6.45) is 4.21. The molecule has 0 aliphatic heterocycles. The second-order valence-corrected chi connectivity index (χ2v) is 6.56. The van der Waals surface area contributed by atoms with Crippen LogP contribution in [0.15, 0.2) is 24.3 Å². The first-order valence-electron chi connectivity index (χ1n) is 7.47. The molecule has 1 saturated carbocycles. The quantitative estimate of drug-likeness (QED) is 0.809. The van der Waals surface area contributed by atoms with Gasteiger partial charge in [-0.25, -0.2) is 4.39 Å². The van der Waals surface area contributed by atoms with Crippen molar-refractivity contribution in [1.29, 1.82) is 0 Å². The number of benzene rings is 1. The van der Waals surface area contributed by atoms with Gasteiger partial charge in [-0.2, -0.15) is 0 Å². The molecule has 4 nitrogen and oxygen atoms in total. The van der Waals surface area contributed by atoms with Crippen LogP contribution in [0.3, 0.4) is 0 Å². The van der Waals surface area contributed by atoms with Crippen LogP contribution in [0.5, 0.6) is 0 Å². The fourth-order valence-corrected chi connectivity index (χ4v) is 3.50. The predicted molar refractivity (Wildman–Crippen MR) is 85.8 cm³/mol. The van der Waals surface area contributed by atoms with Crippen LogP contribution in [-0.4, -0.2) is 23.3 Å². The minimum atomic E-state index is -0.445. The molecule has 1 aliphatic carbocycles. The number of amides is 2. The van der Waals surface area contributed by atoms with E-state index in [2.05, 4.69) is 5.32 Å². The number of nitrogens with two attached hydrogens (primary N) is 1. The minimum absolute atomic E-state index is 0.112. The van der Waals surface area contributed by atoms with Gasteiger partial charge < -0.3 is 11.1 Å². The van der Waals surface area contributed by atoms with Crippen LogP contribution in [0.2, 0.25) is 0 Å². The molecule has 120 valence electrons. The lowest BCUT2D eigenvalue weighted by atomic mass is 9.91. The number of halogens is 1. The molecule has 1 aliphatic rings. The van der Waals surface area contributed by atoms with Crippen LogP contribution in [0.1, 0.15) is 37.3 Å². The summed E-state index contributed by atoms with van der Waals surface area (Å²) in [7, 11) is 0. The van der Waals surface area contributed by atoms with Gasteiger partial charge >= 0.3 is 0 Å². The van der Waals surface area contributed by atoms with Crippen LogP contribution in [-0.2, 0) is 9.59 Å². The highest BCUT2D eigenvalue weighted by Crippen LogP contribution is 2.36. The van der Waals surface area contributed by atoms with Crippen molar-refractivity contribution < 1.29 is 14.0 Å². The number of hydrogen-bond donors (Lipinski definition) is 2. The third kappa shape index (κ3) is 4.73. The number of nitrogens with one attached hydrogen (secondary N) is 1. The van der Waals surface area contributed by atoms with Gasteiger partial charge in [0.2, 0.25) is 11.8 Å². The zero-order valence-electron chi connectivity index (χ0n) is 12.4.